The number of halogens is 6. The van der Waals surface area contributed by atoms with Gasteiger partial charge in [-0.1, -0.05) is 18.2 Å². The molecule has 1 N–H and O–H groups in total. The zero-order valence-electron chi connectivity index (χ0n) is 19.7. The second-order valence-corrected chi connectivity index (χ2v) is 8.29. The Kier molecular flexibility index (Phi) is 6.46. The Bertz CT molecular complexity index is 1720. The van der Waals surface area contributed by atoms with Crippen molar-refractivity contribution >= 4 is 0 Å². The molecule has 0 amide bonds. The maximum atomic E-state index is 15.2. The zero-order chi connectivity index (χ0) is 27.9. The van der Waals surface area contributed by atoms with Crippen LogP contribution in [0.1, 0.15) is 12.2 Å². The third-order valence-electron chi connectivity index (χ3n) is 5.61. The molecule has 2 aromatic carbocycles. The van der Waals surface area contributed by atoms with Crippen LogP contribution in [0.5, 0.6) is 5.75 Å². The molecular weight excluding hydrogens is 530 g/mol. The summed E-state index contributed by atoms with van der Waals surface area (Å²) in [5, 5.41) is 14.4. The third kappa shape index (κ3) is 5.26. The number of hydrogen-bond acceptors (Lipinski definition) is 5. The molecule has 0 bridgehead atoms. The number of ether oxygens (including phenoxy) is 1. The molecule has 0 atom stereocenters. The SMILES string of the molecule is Cc1cc(-c2n[nH]cc(-c3ccc(-c4cnn(C(F)F)c4)cc3F)c2=O)n(-c2cccc(OC(F)(F)F)c2)n1. The topological polar surface area (TPSA) is 90.6 Å². The highest BCUT2D eigenvalue weighted by Crippen LogP contribution is 2.30. The van der Waals surface area contributed by atoms with Crippen LogP contribution in [0.3, 0.4) is 0 Å². The van der Waals surface area contributed by atoms with E-state index < -0.39 is 29.9 Å². The summed E-state index contributed by atoms with van der Waals surface area (Å²) < 4.78 is 84.6. The van der Waals surface area contributed by atoms with Crippen molar-refractivity contribution in [1.29, 1.82) is 0 Å². The summed E-state index contributed by atoms with van der Waals surface area (Å²) in [5.41, 5.74) is 0.206. The van der Waals surface area contributed by atoms with Crippen LogP contribution in [0.25, 0.3) is 39.3 Å². The molecule has 0 fully saturated rings. The molecule has 3 aromatic heterocycles. The molecule has 200 valence electrons. The van der Waals surface area contributed by atoms with E-state index in [0.29, 0.717) is 10.4 Å². The Balaban J connectivity index is 1.54. The highest BCUT2D eigenvalue weighted by atomic mass is 19.4. The number of alkyl halides is 5. The van der Waals surface area contributed by atoms with E-state index in [4.69, 9.17) is 0 Å². The summed E-state index contributed by atoms with van der Waals surface area (Å²) >= 11 is 0. The number of benzene rings is 2. The van der Waals surface area contributed by atoms with Gasteiger partial charge in [0.05, 0.1) is 28.8 Å². The summed E-state index contributed by atoms with van der Waals surface area (Å²) in [6.07, 6.45) is -1.48. The molecular formula is C25H16F6N6O2. The first-order chi connectivity index (χ1) is 18.5. The quantitative estimate of drug-likeness (QED) is 0.268. The first-order valence-electron chi connectivity index (χ1n) is 11.1. The van der Waals surface area contributed by atoms with Crippen LogP contribution in [-0.4, -0.2) is 36.1 Å². The van der Waals surface area contributed by atoms with Gasteiger partial charge in [-0.15, -0.1) is 13.2 Å². The zero-order valence-corrected chi connectivity index (χ0v) is 19.7. The highest BCUT2D eigenvalue weighted by molar-refractivity contribution is 5.73. The van der Waals surface area contributed by atoms with Gasteiger partial charge in [-0.25, -0.2) is 13.8 Å². The number of nitrogens with one attached hydrogen (secondary N) is 1. The molecule has 14 heteroatoms. The van der Waals surface area contributed by atoms with E-state index in [9.17, 15) is 26.7 Å². The maximum Gasteiger partial charge on any atom is 0.573 e. The van der Waals surface area contributed by atoms with E-state index in [0.717, 1.165) is 30.6 Å². The van der Waals surface area contributed by atoms with Gasteiger partial charge in [-0.05, 0) is 36.8 Å². The average Bonchev–Trinajstić information content (AvgIpc) is 3.51. The van der Waals surface area contributed by atoms with E-state index in [1.165, 1.54) is 41.2 Å². The van der Waals surface area contributed by atoms with E-state index in [-0.39, 0.29) is 39.3 Å². The van der Waals surface area contributed by atoms with E-state index in [1.807, 2.05) is 0 Å². The minimum atomic E-state index is -4.91. The Labute approximate surface area is 215 Å². The number of rotatable bonds is 6. The standard InChI is InChI=1S/C25H16F6N6O2/c1-13-7-21(37(35-13)16-3-2-4-17(9-16)39-25(29,30)31)22-23(38)19(11-32-34-22)18-6-5-14(8-20(18)26)15-10-33-36(12-15)24(27)28/h2-12,24H,1H3,(H,32,38). The molecule has 8 nitrogen and oxygen atoms in total. The normalized spacial score (nSPS) is 11.8. The van der Waals surface area contributed by atoms with E-state index in [2.05, 4.69) is 25.1 Å². The Morgan fingerprint density at radius 1 is 1.03 bits per heavy atom. The Morgan fingerprint density at radius 3 is 2.51 bits per heavy atom. The van der Waals surface area contributed by atoms with Crippen LogP contribution in [0, 0.1) is 12.7 Å². The van der Waals surface area contributed by atoms with Gasteiger partial charge in [0.1, 0.15) is 11.6 Å². The maximum absolute atomic E-state index is 15.2. The minimum absolute atomic E-state index is 0.0896. The number of nitrogens with zero attached hydrogens (tertiary/aromatic N) is 5. The van der Waals surface area contributed by atoms with Crippen LogP contribution in [-0.2, 0) is 0 Å². The van der Waals surface area contributed by atoms with Crippen LogP contribution < -0.4 is 10.2 Å². The van der Waals surface area contributed by atoms with Crippen molar-refractivity contribution < 1.29 is 31.1 Å². The number of aromatic nitrogens is 6. The van der Waals surface area contributed by atoms with Crippen LogP contribution in [0.2, 0.25) is 0 Å². The molecule has 5 rings (SSSR count). The summed E-state index contributed by atoms with van der Waals surface area (Å²) in [4.78, 5) is 13.4. The van der Waals surface area contributed by atoms with Crippen molar-refractivity contribution in [1.82, 2.24) is 29.8 Å². The first-order valence-corrected chi connectivity index (χ1v) is 11.1. The first kappa shape index (κ1) is 25.8. The van der Waals surface area contributed by atoms with Crippen LogP contribution in [0.15, 0.2) is 71.9 Å². The second kappa shape index (κ2) is 9.78. The van der Waals surface area contributed by atoms with Crippen LogP contribution in [0.4, 0.5) is 26.3 Å². The fourth-order valence-corrected chi connectivity index (χ4v) is 3.96. The summed E-state index contributed by atoms with van der Waals surface area (Å²) in [6.45, 7) is -1.24. The van der Waals surface area contributed by atoms with E-state index in [1.54, 1.807) is 6.92 Å². The monoisotopic (exact) mass is 546 g/mol. The summed E-state index contributed by atoms with van der Waals surface area (Å²) in [7, 11) is 0. The largest absolute Gasteiger partial charge is 0.573 e. The van der Waals surface area contributed by atoms with E-state index >= 15 is 4.39 Å². The molecule has 0 saturated carbocycles. The lowest BCUT2D eigenvalue weighted by Gasteiger charge is -2.12. The summed E-state index contributed by atoms with van der Waals surface area (Å²) in [5.74, 6) is -1.29. The number of aromatic amines is 1. The molecule has 5 aromatic rings. The van der Waals surface area contributed by atoms with Gasteiger partial charge in [-0.2, -0.15) is 24.1 Å². The molecule has 3 heterocycles. The van der Waals surface area contributed by atoms with Gasteiger partial charge < -0.3 is 4.74 Å². The molecule has 0 aliphatic heterocycles. The average molecular weight is 546 g/mol. The van der Waals surface area contributed by atoms with Crippen molar-refractivity contribution in [2.24, 2.45) is 0 Å². The molecule has 0 aliphatic carbocycles. The molecule has 0 saturated heterocycles. The van der Waals surface area contributed by atoms with Crippen molar-refractivity contribution in [2.75, 3.05) is 0 Å². The van der Waals surface area contributed by atoms with Gasteiger partial charge in [0.25, 0.3) is 0 Å². The summed E-state index contributed by atoms with van der Waals surface area (Å²) in [6, 6.07) is 10.4. The lowest BCUT2D eigenvalue weighted by Crippen LogP contribution is -2.17. The van der Waals surface area contributed by atoms with Gasteiger partial charge in [0.2, 0.25) is 5.43 Å². The fourth-order valence-electron chi connectivity index (χ4n) is 3.96. The smallest absolute Gasteiger partial charge is 0.406 e. The Morgan fingerprint density at radius 2 is 1.82 bits per heavy atom. The van der Waals surface area contributed by atoms with Gasteiger partial charge in [-0.3, -0.25) is 9.89 Å². The fraction of sp³-hybridized carbons (Fsp3) is 0.120. The van der Waals surface area contributed by atoms with Crippen molar-refractivity contribution in [2.45, 2.75) is 19.8 Å². The second-order valence-electron chi connectivity index (χ2n) is 8.29. The molecule has 0 spiro atoms. The van der Waals surface area contributed by atoms with Gasteiger partial charge >= 0.3 is 12.9 Å². The van der Waals surface area contributed by atoms with Crippen molar-refractivity contribution in [3.05, 3.63) is 88.9 Å². The predicted octanol–water partition coefficient (Wildman–Crippen LogP) is 5.89. The third-order valence-corrected chi connectivity index (χ3v) is 5.61. The minimum Gasteiger partial charge on any atom is -0.406 e. The Hall–Kier alpha value is -4.88. The van der Waals surface area contributed by atoms with Crippen molar-refractivity contribution in [3.63, 3.8) is 0 Å². The van der Waals surface area contributed by atoms with Crippen molar-refractivity contribution in [3.8, 4) is 45.1 Å². The molecule has 0 radical (unpaired) electrons. The number of hydrogen-bond donors (Lipinski definition) is 1. The number of aryl methyl sites for hydroxylation is 1. The lowest BCUT2D eigenvalue weighted by molar-refractivity contribution is -0.274. The van der Waals surface area contributed by atoms with Crippen LogP contribution >= 0.6 is 0 Å². The highest BCUT2D eigenvalue weighted by Gasteiger charge is 2.31. The molecule has 0 unspecified atom stereocenters. The number of H-pyrrole nitrogens is 1. The predicted molar refractivity (Wildman–Crippen MR) is 127 cm³/mol. The van der Waals surface area contributed by atoms with Gasteiger partial charge in [0.15, 0.2) is 5.69 Å². The molecule has 0 aliphatic rings. The molecule has 39 heavy (non-hydrogen) atoms. The lowest BCUT2D eigenvalue weighted by atomic mass is 10.0. The van der Waals surface area contributed by atoms with Gasteiger partial charge in [0, 0.05) is 29.6 Å².